The molecular formula is C12H12Cl2N2O4S. The zero-order valence-electron chi connectivity index (χ0n) is 11.0. The summed E-state index contributed by atoms with van der Waals surface area (Å²) in [4.78, 5) is 23.0. The molecule has 2 rings (SSSR count). The number of sulfonamides is 1. The molecule has 1 unspecified atom stereocenters. The molecule has 1 fully saturated rings. The van der Waals surface area contributed by atoms with Crippen LogP contribution in [0.4, 0.5) is 0 Å². The Labute approximate surface area is 132 Å². The molecule has 9 heteroatoms. The maximum atomic E-state index is 12.7. The van der Waals surface area contributed by atoms with Crippen molar-refractivity contribution in [2.45, 2.75) is 24.3 Å². The van der Waals surface area contributed by atoms with Gasteiger partial charge in [-0.05, 0) is 18.6 Å². The molecular weight excluding hydrogens is 339 g/mol. The second kappa shape index (κ2) is 5.92. The van der Waals surface area contributed by atoms with Crippen molar-refractivity contribution in [3.8, 4) is 0 Å². The second-order valence-corrected chi connectivity index (χ2v) is 7.08. The van der Waals surface area contributed by atoms with Crippen LogP contribution in [-0.4, -0.2) is 37.1 Å². The fourth-order valence-corrected chi connectivity index (χ4v) is 4.45. The lowest BCUT2D eigenvalue weighted by molar-refractivity contribution is -0.137. The van der Waals surface area contributed by atoms with Crippen LogP contribution in [0.15, 0.2) is 23.1 Å². The molecule has 0 bridgehead atoms. The first-order valence-corrected chi connectivity index (χ1v) is 8.28. The Morgan fingerprint density at radius 3 is 2.62 bits per heavy atom. The van der Waals surface area contributed by atoms with Crippen molar-refractivity contribution >= 4 is 45.0 Å². The van der Waals surface area contributed by atoms with E-state index in [1.807, 2.05) is 0 Å². The summed E-state index contributed by atoms with van der Waals surface area (Å²) in [7, 11) is -4.11. The molecule has 0 aromatic heterocycles. The van der Waals surface area contributed by atoms with E-state index < -0.39 is 34.4 Å². The molecule has 21 heavy (non-hydrogen) atoms. The van der Waals surface area contributed by atoms with E-state index in [9.17, 15) is 18.0 Å². The Bertz CT molecular complexity index is 705. The van der Waals surface area contributed by atoms with Crippen LogP contribution in [-0.2, 0) is 19.6 Å². The molecule has 2 amide bonds. The van der Waals surface area contributed by atoms with E-state index in [4.69, 9.17) is 23.2 Å². The quantitative estimate of drug-likeness (QED) is 0.835. The zero-order valence-corrected chi connectivity index (χ0v) is 13.3. The van der Waals surface area contributed by atoms with Gasteiger partial charge < -0.3 is 0 Å². The average Bonchev–Trinajstić information content (AvgIpc) is 2.41. The minimum atomic E-state index is -4.11. The molecule has 1 aliphatic heterocycles. The lowest BCUT2D eigenvalue weighted by Gasteiger charge is -2.32. The van der Waals surface area contributed by atoms with Crippen LogP contribution in [0.1, 0.15) is 13.3 Å². The van der Waals surface area contributed by atoms with Gasteiger partial charge in [-0.25, -0.2) is 8.42 Å². The number of carbonyl (C=O) groups excluding carboxylic acids is 2. The van der Waals surface area contributed by atoms with Crippen LogP contribution in [0.5, 0.6) is 0 Å². The zero-order chi connectivity index (χ0) is 15.8. The van der Waals surface area contributed by atoms with Crippen LogP contribution in [0, 0.1) is 0 Å². The summed E-state index contributed by atoms with van der Waals surface area (Å²) in [6.45, 7) is 1.22. The predicted octanol–water partition coefficient (Wildman–Crippen LogP) is 1.42. The lowest BCUT2D eigenvalue weighted by Crippen LogP contribution is -2.59. The second-order valence-electron chi connectivity index (χ2n) is 4.44. The van der Waals surface area contributed by atoms with Crippen molar-refractivity contribution < 1.29 is 18.0 Å². The van der Waals surface area contributed by atoms with Gasteiger partial charge in [0.1, 0.15) is 10.9 Å². The van der Waals surface area contributed by atoms with Crippen molar-refractivity contribution in [2.75, 3.05) is 6.54 Å². The summed E-state index contributed by atoms with van der Waals surface area (Å²) >= 11 is 11.8. The standard InChI is InChI=1S/C12H12Cl2N2O4S/c1-2-8-12(18)15-10(17)6-16(8)21(19,20)9-5-3-4-7(13)11(9)14/h3-5,8H,2,6H2,1H3,(H,15,17,18). The third-order valence-corrected chi connectivity index (χ3v) is 5.93. The highest BCUT2D eigenvalue weighted by Crippen LogP contribution is 2.32. The van der Waals surface area contributed by atoms with E-state index in [0.717, 1.165) is 4.31 Å². The summed E-state index contributed by atoms with van der Waals surface area (Å²) in [6.07, 6.45) is 0.233. The molecule has 6 nitrogen and oxygen atoms in total. The van der Waals surface area contributed by atoms with Gasteiger partial charge in [0.25, 0.3) is 0 Å². The third kappa shape index (κ3) is 2.91. The van der Waals surface area contributed by atoms with Gasteiger partial charge >= 0.3 is 0 Å². The van der Waals surface area contributed by atoms with E-state index in [-0.39, 0.29) is 21.4 Å². The van der Waals surface area contributed by atoms with Crippen LogP contribution in [0.3, 0.4) is 0 Å². The van der Waals surface area contributed by atoms with Crippen LogP contribution in [0.2, 0.25) is 10.0 Å². The topological polar surface area (TPSA) is 83.6 Å². The molecule has 0 aliphatic carbocycles. The number of piperazine rings is 1. The monoisotopic (exact) mass is 350 g/mol. The van der Waals surface area contributed by atoms with Gasteiger partial charge in [-0.1, -0.05) is 36.2 Å². The minimum Gasteiger partial charge on any atom is -0.294 e. The Kier molecular flexibility index (Phi) is 4.57. The number of halogens is 2. The van der Waals surface area contributed by atoms with Crippen molar-refractivity contribution in [1.82, 2.24) is 9.62 Å². The number of hydrogen-bond acceptors (Lipinski definition) is 4. The maximum absolute atomic E-state index is 12.7. The summed E-state index contributed by atoms with van der Waals surface area (Å²) < 4.78 is 26.2. The van der Waals surface area contributed by atoms with Crippen LogP contribution in [0.25, 0.3) is 0 Å². The highest BCUT2D eigenvalue weighted by atomic mass is 35.5. The molecule has 0 spiro atoms. The highest BCUT2D eigenvalue weighted by molar-refractivity contribution is 7.89. The molecule has 0 saturated carbocycles. The van der Waals surface area contributed by atoms with E-state index in [0.29, 0.717) is 0 Å². The number of imide groups is 1. The Hall–Kier alpha value is -1.15. The lowest BCUT2D eigenvalue weighted by atomic mass is 10.2. The van der Waals surface area contributed by atoms with E-state index in [1.165, 1.54) is 18.2 Å². The molecule has 1 aromatic carbocycles. The third-order valence-electron chi connectivity index (χ3n) is 3.10. The van der Waals surface area contributed by atoms with Gasteiger partial charge in [0.05, 0.1) is 16.6 Å². The van der Waals surface area contributed by atoms with E-state index in [2.05, 4.69) is 5.32 Å². The van der Waals surface area contributed by atoms with Gasteiger partial charge in [-0.2, -0.15) is 4.31 Å². The highest BCUT2D eigenvalue weighted by Gasteiger charge is 2.41. The summed E-state index contributed by atoms with van der Waals surface area (Å²) in [5.41, 5.74) is 0. The number of amides is 2. The SMILES string of the molecule is CCC1C(=O)NC(=O)CN1S(=O)(=O)c1cccc(Cl)c1Cl. The molecule has 1 atom stereocenters. The van der Waals surface area contributed by atoms with Crippen molar-refractivity contribution in [3.63, 3.8) is 0 Å². The Balaban J connectivity index is 2.53. The van der Waals surface area contributed by atoms with Gasteiger partial charge in [-0.3, -0.25) is 14.9 Å². The van der Waals surface area contributed by atoms with Crippen LogP contribution < -0.4 is 5.32 Å². The van der Waals surface area contributed by atoms with Gasteiger partial charge in [0, 0.05) is 0 Å². The molecule has 1 aromatic rings. The molecule has 1 aliphatic rings. The number of nitrogens with zero attached hydrogens (tertiary/aromatic N) is 1. The van der Waals surface area contributed by atoms with Crippen molar-refractivity contribution in [3.05, 3.63) is 28.2 Å². The molecule has 1 N–H and O–H groups in total. The Morgan fingerprint density at radius 2 is 2.00 bits per heavy atom. The number of benzene rings is 1. The van der Waals surface area contributed by atoms with Gasteiger partial charge in [0.15, 0.2) is 0 Å². The first kappa shape index (κ1) is 16.2. The maximum Gasteiger partial charge on any atom is 0.245 e. The fourth-order valence-electron chi connectivity index (χ4n) is 2.09. The smallest absolute Gasteiger partial charge is 0.245 e. The van der Waals surface area contributed by atoms with E-state index >= 15 is 0 Å². The molecule has 114 valence electrons. The van der Waals surface area contributed by atoms with Gasteiger partial charge in [0.2, 0.25) is 21.8 Å². The van der Waals surface area contributed by atoms with E-state index in [1.54, 1.807) is 6.92 Å². The van der Waals surface area contributed by atoms with Crippen molar-refractivity contribution in [2.24, 2.45) is 0 Å². The predicted molar refractivity (Wildman–Crippen MR) is 77.6 cm³/mol. The van der Waals surface area contributed by atoms with Gasteiger partial charge in [-0.15, -0.1) is 0 Å². The molecule has 1 heterocycles. The van der Waals surface area contributed by atoms with Crippen LogP contribution >= 0.6 is 23.2 Å². The summed E-state index contributed by atoms with van der Waals surface area (Å²) in [5, 5.41) is 2.07. The van der Waals surface area contributed by atoms with Crippen molar-refractivity contribution in [1.29, 1.82) is 0 Å². The molecule has 0 radical (unpaired) electrons. The minimum absolute atomic E-state index is 0.0820. The first-order chi connectivity index (χ1) is 9.78. The summed E-state index contributed by atoms with van der Waals surface area (Å²) in [5.74, 6) is -1.32. The molecule has 1 saturated heterocycles. The number of hydrogen-bond donors (Lipinski definition) is 1. The normalized spacial score (nSPS) is 20.4. The average molecular weight is 351 g/mol. The fraction of sp³-hybridized carbons (Fsp3) is 0.333. The first-order valence-electron chi connectivity index (χ1n) is 6.08. The number of carbonyl (C=O) groups is 2. The Morgan fingerprint density at radius 1 is 1.33 bits per heavy atom. The largest absolute Gasteiger partial charge is 0.294 e. The number of nitrogens with one attached hydrogen (secondary N) is 1. The number of rotatable bonds is 3. The summed E-state index contributed by atoms with van der Waals surface area (Å²) in [6, 6.07) is 3.22.